The summed E-state index contributed by atoms with van der Waals surface area (Å²) in [6.45, 7) is 1.73. The van der Waals surface area contributed by atoms with Crippen LogP contribution in [0.5, 0.6) is 0 Å². The van der Waals surface area contributed by atoms with Gasteiger partial charge in [0.05, 0.1) is 10.5 Å². The van der Waals surface area contributed by atoms with Gasteiger partial charge in [-0.1, -0.05) is 18.2 Å². The van der Waals surface area contributed by atoms with Crippen molar-refractivity contribution in [2.75, 3.05) is 4.72 Å². The fourth-order valence-electron chi connectivity index (χ4n) is 2.56. The molecule has 0 aliphatic heterocycles. The smallest absolute Gasteiger partial charge is 0.300 e. The van der Waals surface area contributed by atoms with Crippen molar-refractivity contribution in [2.45, 2.75) is 18.0 Å². The number of nitrogens with one attached hydrogen (secondary N) is 1. The summed E-state index contributed by atoms with van der Waals surface area (Å²) in [5.41, 5.74) is 0.333. The molecule has 2 aromatic carbocycles. The van der Waals surface area contributed by atoms with Gasteiger partial charge in [-0.05, 0) is 55.5 Å². The quantitative estimate of drug-likeness (QED) is 0.719. The molecule has 0 aliphatic carbocycles. The summed E-state index contributed by atoms with van der Waals surface area (Å²) < 4.78 is 67.2. The second-order valence-corrected chi connectivity index (χ2v) is 7.34. The number of hydrogen-bond acceptors (Lipinski definition) is 2. The summed E-state index contributed by atoms with van der Waals surface area (Å²) in [6.07, 6.45) is -4.43. The van der Waals surface area contributed by atoms with Crippen LogP contribution in [0.3, 0.4) is 0 Å². The number of aryl methyl sites for hydroxylation is 1. The molecule has 4 nitrogen and oxygen atoms in total. The van der Waals surface area contributed by atoms with Gasteiger partial charge in [-0.25, -0.2) is 8.42 Å². The maximum Gasteiger partial charge on any atom is 0.416 e. The lowest BCUT2D eigenvalue weighted by molar-refractivity contribution is -0.137. The Balaban J connectivity index is 1.98. The van der Waals surface area contributed by atoms with Crippen LogP contribution in [0.4, 0.5) is 19.0 Å². The first kappa shape index (κ1) is 18.1. The van der Waals surface area contributed by atoms with Crippen molar-refractivity contribution in [3.63, 3.8) is 0 Å². The predicted molar refractivity (Wildman–Crippen MR) is 92.8 cm³/mol. The molecule has 3 aromatic rings. The van der Waals surface area contributed by atoms with Gasteiger partial charge in [0.25, 0.3) is 10.0 Å². The Morgan fingerprint density at radius 3 is 2.08 bits per heavy atom. The molecule has 0 radical (unpaired) electrons. The number of aromatic nitrogens is 1. The molecule has 3 rings (SSSR count). The SMILES string of the molecule is Cc1ccc(NS(=O)(=O)c2ccccc2)n1-c1ccc(C(F)(F)F)cc1. The molecule has 0 saturated carbocycles. The Kier molecular flexibility index (Phi) is 4.53. The van der Waals surface area contributed by atoms with Crippen LogP contribution in [0, 0.1) is 6.92 Å². The molecule has 0 fully saturated rings. The number of sulfonamides is 1. The van der Waals surface area contributed by atoms with Gasteiger partial charge in [0, 0.05) is 11.4 Å². The van der Waals surface area contributed by atoms with Crippen LogP contribution in [0.1, 0.15) is 11.3 Å². The number of nitrogens with zero attached hydrogens (tertiary/aromatic N) is 1. The molecular weight excluding hydrogens is 365 g/mol. The van der Waals surface area contributed by atoms with E-state index in [1.54, 1.807) is 41.8 Å². The summed E-state index contributed by atoms with van der Waals surface area (Å²) in [6, 6.07) is 15.6. The fourth-order valence-corrected chi connectivity index (χ4v) is 3.62. The Morgan fingerprint density at radius 2 is 1.50 bits per heavy atom. The Morgan fingerprint density at radius 1 is 0.885 bits per heavy atom. The number of halogens is 3. The topological polar surface area (TPSA) is 51.1 Å². The van der Waals surface area contributed by atoms with E-state index < -0.39 is 21.8 Å². The molecule has 136 valence electrons. The van der Waals surface area contributed by atoms with E-state index in [0.29, 0.717) is 11.4 Å². The van der Waals surface area contributed by atoms with Gasteiger partial charge in [0.2, 0.25) is 0 Å². The minimum Gasteiger partial charge on any atom is -0.300 e. The monoisotopic (exact) mass is 380 g/mol. The Bertz CT molecular complexity index is 1010. The normalized spacial score (nSPS) is 12.2. The third kappa shape index (κ3) is 3.60. The molecule has 0 aliphatic rings. The van der Waals surface area contributed by atoms with Gasteiger partial charge in [-0.3, -0.25) is 4.72 Å². The largest absolute Gasteiger partial charge is 0.416 e. The van der Waals surface area contributed by atoms with Crippen molar-refractivity contribution in [2.24, 2.45) is 0 Å². The lowest BCUT2D eigenvalue weighted by atomic mass is 10.2. The van der Waals surface area contributed by atoms with Crippen molar-refractivity contribution < 1.29 is 21.6 Å². The first-order valence-electron chi connectivity index (χ1n) is 7.62. The van der Waals surface area contributed by atoms with Crippen LogP contribution < -0.4 is 4.72 Å². The van der Waals surface area contributed by atoms with Crippen LogP contribution >= 0.6 is 0 Å². The molecule has 0 saturated heterocycles. The average Bonchev–Trinajstić information content (AvgIpc) is 2.95. The summed E-state index contributed by atoms with van der Waals surface area (Å²) >= 11 is 0. The third-order valence-electron chi connectivity index (χ3n) is 3.82. The maximum atomic E-state index is 12.7. The molecule has 0 amide bonds. The molecule has 0 spiro atoms. The molecule has 8 heteroatoms. The zero-order chi connectivity index (χ0) is 18.9. The van der Waals surface area contributed by atoms with Crippen molar-refractivity contribution in [3.8, 4) is 5.69 Å². The minimum absolute atomic E-state index is 0.0952. The van der Waals surface area contributed by atoms with E-state index in [1.165, 1.54) is 24.3 Å². The van der Waals surface area contributed by atoms with Crippen LogP contribution in [-0.4, -0.2) is 13.0 Å². The molecule has 0 atom stereocenters. The molecule has 1 aromatic heterocycles. The van der Waals surface area contributed by atoms with E-state index >= 15 is 0 Å². The number of rotatable bonds is 4. The van der Waals surface area contributed by atoms with Crippen molar-refractivity contribution in [1.82, 2.24) is 4.57 Å². The summed E-state index contributed by atoms with van der Waals surface area (Å²) in [7, 11) is -3.81. The van der Waals surface area contributed by atoms with Crippen molar-refractivity contribution >= 4 is 15.8 Å². The summed E-state index contributed by atoms with van der Waals surface area (Å²) in [4.78, 5) is 0.0952. The predicted octanol–water partition coefficient (Wildman–Crippen LogP) is 4.61. The van der Waals surface area contributed by atoms with E-state index in [9.17, 15) is 21.6 Å². The van der Waals surface area contributed by atoms with E-state index in [2.05, 4.69) is 4.72 Å². The molecule has 1 heterocycles. The molecule has 0 bridgehead atoms. The van der Waals surface area contributed by atoms with E-state index in [1.807, 2.05) is 0 Å². The van der Waals surface area contributed by atoms with Gasteiger partial charge in [0.15, 0.2) is 0 Å². The first-order valence-corrected chi connectivity index (χ1v) is 9.11. The molecule has 26 heavy (non-hydrogen) atoms. The van der Waals surface area contributed by atoms with Crippen LogP contribution in [0.2, 0.25) is 0 Å². The van der Waals surface area contributed by atoms with Gasteiger partial charge in [-0.15, -0.1) is 0 Å². The highest BCUT2D eigenvalue weighted by atomic mass is 32.2. The highest BCUT2D eigenvalue weighted by Crippen LogP contribution is 2.31. The zero-order valence-corrected chi connectivity index (χ0v) is 14.5. The Hall–Kier alpha value is -2.74. The maximum absolute atomic E-state index is 12.7. The second kappa shape index (κ2) is 6.53. The highest BCUT2D eigenvalue weighted by Gasteiger charge is 2.30. The standard InChI is InChI=1S/C18H15F3N2O2S/c1-13-7-12-17(22-26(24,25)16-5-3-2-4-6-16)23(13)15-10-8-14(9-11-15)18(19,20)21/h2-12,22H,1H3. The zero-order valence-electron chi connectivity index (χ0n) is 13.7. The lowest BCUT2D eigenvalue weighted by Crippen LogP contribution is -2.16. The lowest BCUT2D eigenvalue weighted by Gasteiger charge is -2.15. The minimum atomic E-state index is -4.43. The molecule has 0 unspecified atom stereocenters. The van der Waals surface area contributed by atoms with Crippen molar-refractivity contribution in [1.29, 1.82) is 0 Å². The van der Waals surface area contributed by atoms with Gasteiger partial charge >= 0.3 is 6.18 Å². The molecular formula is C18H15F3N2O2S. The number of anilines is 1. The number of hydrogen-bond donors (Lipinski definition) is 1. The van der Waals surface area contributed by atoms with E-state index in [4.69, 9.17) is 0 Å². The Labute approximate surface area is 149 Å². The molecule has 1 N–H and O–H groups in total. The van der Waals surface area contributed by atoms with Crippen LogP contribution in [0.15, 0.2) is 71.6 Å². The highest BCUT2D eigenvalue weighted by molar-refractivity contribution is 7.92. The van der Waals surface area contributed by atoms with Crippen LogP contribution in [-0.2, 0) is 16.2 Å². The number of benzene rings is 2. The second-order valence-electron chi connectivity index (χ2n) is 5.66. The van der Waals surface area contributed by atoms with Crippen molar-refractivity contribution in [3.05, 3.63) is 78.0 Å². The van der Waals surface area contributed by atoms with Gasteiger partial charge in [-0.2, -0.15) is 13.2 Å². The first-order chi connectivity index (χ1) is 12.2. The van der Waals surface area contributed by atoms with Crippen LogP contribution in [0.25, 0.3) is 5.69 Å². The van der Waals surface area contributed by atoms with Gasteiger partial charge in [0.1, 0.15) is 5.82 Å². The summed E-state index contributed by atoms with van der Waals surface area (Å²) in [5.74, 6) is 0.242. The van der Waals surface area contributed by atoms with E-state index in [-0.39, 0.29) is 10.7 Å². The number of alkyl halides is 3. The third-order valence-corrected chi connectivity index (χ3v) is 5.19. The van der Waals surface area contributed by atoms with E-state index in [0.717, 1.165) is 12.1 Å². The summed E-state index contributed by atoms with van der Waals surface area (Å²) in [5, 5.41) is 0. The average molecular weight is 380 g/mol. The van der Waals surface area contributed by atoms with Gasteiger partial charge < -0.3 is 4.57 Å². The fraction of sp³-hybridized carbons (Fsp3) is 0.111.